The van der Waals surface area contributed by atoms with E-state index in [0.717, 1.165) is 43.9 Å². The number of hydrogen-bond donors (Lipinski definition) is 0. The van der Waals surface area contributed by atoms with E-state index >= 15 is 0 Å². The fraction of sp³-hybridized carbons (Fsp3) is 0.533. The van der Waals surface area contributed by atoms with Gasteiger partial charge in [0.05, 0.1) is 6.61 Å². The van der Waals surface area contributed by atoms with Crippen molar-refractivity contribution in [1.29, 1.82) is 0 Å². The SMILES string of the molecule is CCCCOc1ccc(C(=O)N(CC)CC)cc1. The second-order valence-electron chi connectivity index (χ2n) is 4.20. The van der Waals surface area contributed by atoms with E-state index in [4.69, 9.17) is 4.74 Å². The van der Waals surface area contributed by atoms with Gasteiger partial charge in [0, 0.05) is 18.7 Å². The zero-order valence-electron chi connectivity index (χ0n) is 11.6. The van der Waals surface area contributed by atoms with Gasteiger partial charge in [-0.15, -0.1) is 0 Å². The van der Waals surface area contributed by atoms with Gasteiger partial charge >= 0.3 is 0 Å². The standard InChI is InChI=1S/C15H23NO2/c1-4-7-12-18-14-10-8-13(9-11-14)15(17)16(5-2)6-3/h8-11H,4-7,12H2,1-3H3. The number of ether oxygens (including phenoxy) is 1. The predicted molar refractivity (Wildman–Crippen MR) is 74.1 cm³/mol. The first-order chi connectivity index (χ1) is 8.72. The molecule has 0 aliphatic rings. The van der Waals surface area contributed by atoms with E-state index in [0.29, 0.717) is 0 Å². The van der Waals surface area contributed by atoms with Crippen molar-refractivity contribution in [2.24, 2.45) is 0 Å². The third-order valence-corrected chi connectivity index (χ3v) is 2.92. The molecule has 0 spiro atoms. The number of carbonyl (C=O) groups excluding carboxylic acids is 1. The van der Waals surface area contributed by atoms with Crippen LogP contribution in [0.15, 0.2) is 24.3 Å². The topological polar surface area (TPSA) is 29.5 Å². The molecule has 0 aromatic heterocycles. The molecule has 3 nitrogen and oxygen atoms in total. The van der Waals surface area contributed by atoms with Crippen LogP contribution in [-0.2, 0) is 0 Å². The van der Waals surface area contributed by atoms with Crippen LogP contribution in [0.1, 0.15) is 44.0 Å². The zero-order valence-corrected chi connectivity index (χ0v) is 11.6. The van der Waals surface area contributed by atoms with Gasteiger partial charge in [0.1, 0.15) is 5.75 Å². The molecular weight excluding hydrogens is 226 g/mol. The zero-order chi connectivity index (χ0) is 13.4. The summed E-state index contributed by atoms with van der Waals surface area (Å²) in [7, 11) is 0. The van der Waals surface area contributed by atoms with E-state index in [-0.39, 0.29) is 5.91 Å². The van der Waals surface area contributed by atoms with Crippen LogP contribution in [0.25, 0.3) is 0 Å². The van der Waals surface area contributed by atoms with Crippen molar-refractivity contribution in [3.05, 3.63) is 29.8 Å². The van der Waals surface area contributed by atoms with Gasteiger partial charge < -0.3 is 9.64 Å². The Labute approximate surface area is 110 Å². The number of hydrogen-bond acceptors (Lipinski definition) is 2. The van der Waals surface area contributed by atoms with E-state index in [1.807, 2.05) is 43.0 Å². The maximum atomic E-state index is 12.1. The monoisotopic (exact) mass is 249 g/mol. The first kappa shape index (κ1) is 14.6. The van der Waals surface area contributed by atoms with Gasteiger partial charge in [0.15, 0.2) is 0 Å². The van der Waals surface area contributed by atoms with Crippen molar-refractivity contribution in [3.8, 4) is 5.75 Å². The van der Waals surface area contributed by atoms with Crippen molar-refractivity contribution < 1.29 is 9.53 Å². The van der Waals surface area contributed by atoms with Crippen molar-refractivity contribution in [1.82, 2.24) is 4.90 Å². The van der Waals surface area contributed by atoms with E-state index in [1.165, 1.54) is 0 Å². The first-order valence-corrected chi connectivity index (χ1v) is 6.75. The van der Waals surface area contributed by atoms with Crippen molar-refractivity contribution in [2.45, 2.75) is 33.6 Å². The molecule has 1 rings (SSSR count). The van der Waals surface area contributed by atoms with Crippen LogP contribution >= 0.6 is 0 Å². The lowest BCUT2D eigenvalue weighted by molar-refractivity contribution is 0.0773. The molecule has 1 aromatic carbocycles. The highest BCUT2D eigenvalue weighted by Crippen LogP contribution is 2.14. The Balaban J connectivity index is 2.61. The average Bonchev–Trinajstić information content (AvgIpc) is 2.41. The summed E-state index contributed by atoms with van der Waals surface area (Å²) < 4.78 is 5.57. The number of rotatable bonds is 7. The number of benzene rings is 1. The summed E-state index contributed by atoms with van der Waals surface area (Å²) in [5.41, 5.74) is 0.724. The molecule has 1 amide bonds. The van der Waals surface area contributed by atoms with Crippen molar-refractivity contribution in [2.75, 3.05) is 19.7 Å². The Morgan fingerprint density at radius 2 is 1.72 bits per heavy atom. The molecule has 0 unspecified atom stereocenters. The van der Waals surface area contributed by atoms with Gasteiger partial charge in [-0.05, 0) is 44.5 Å². The predicted octanol–water partition coefficient (Wildman–Crippen LogP) is 3.35. The number of amides is 1. The van der Waals surface area contributed by atoms with Crippen molar-refractivity contribution >= 4 is 5.91 Å². The molecule has 18 heavy (non-hydrogen) atoms. The molecule has 1 aromatic rings. The molecule has 0 fully saturated rings. The summed E-state index contributed by atoms with van der Waals surface area (Å²) in [5.74, 6) is 0.916. The fourth-order valence-electron chi connectivity index (χ4n) is 1.72. The highest BCUT2D eigenvalue weighted by atomic mass is 16.5. The number of nitrogens with zero attached hydrogens (tertiary/aromatic N) is 1. The van der Waals surface area contributed by atoms with Crippen LogP contribution in [0.3, 0.4) is 0 Å². The van der Waals surface area contributed by atoms with E-state index < -0.39 is 0 Å². The van der Waals surface area contributed by atoms with Crippen LogP contribution in [0.2, 0.25) is 0 Å². The summed E-state index contributed by atoms with van der Waals surface area (Å²) in [5, 5.41) is 0. The fourth-order valence-corrected chi connectivity index (χ4v) is 1.72. The lowest BCUT2D eigenvalue weighted by Crippen LogP contribution is -2.30. The summed E-state index contributed by atoms with van der Waals surface area (Å²) in [4.78, 5) is 13.9. The minimum Gasteiger partial charge on any atom is -0.494 e. The second-order valence-corrected chi connectivity index (χ2v) is 4.20. The van der Waals surface area contributed by atoms with Gasteiger partial charge in [-0.25, -0.2) is 0 Å². The largest absolute Gasteiger partial charge is 0.494 e. The molecule has 100 valence electrons. The van der Waals surface area contributed by atoms with Gasteiger partial charge in [-0.1, -0.05) is 13.3 Å². The Bertz CT molecular complexity index is 355. The summed E-state index contributed by atoms with van der Waals surface area (Å²) >= 11 is 0. The minimum absolute atomic E-state index is 0.0834. The van der Waals surface area contributed by atoms with Gasteiger partial charge in [0.2, 0.25) is 0 Å². The molecule has 0 saturated carbocycles. The lowest BCUT2D eigenvalue weighted by Gasteiger charge is -2.18. The Hall–Kier alpha value is -1.51. The highest BCUT2D eigenvalue weighted by molar-refractivity contribution is 5.94. The molecule has 0 atom stereocenters. The summed E-state index contributed by atoms with van der Waals surface area (Å²) in [6.07, 6.45) is 2.18. The Morgan fingerprint density at radius 3 is 2.22 bits per heavy atom. The third-order valence-electron chi connectivity index (χ3n) is 2.92. The maximum absolute atomic E-state index is 12.1. The molecule has 0 bridgehead atoms. The van der Waals surface area contributed by atoms with Crippen LogP contribution in [0, 0.1) is 0 Å². The van der Waals surface area contributed by atoms with E-state index in [1.54, 1.807) is 0 Å². The smallest absolute Gasteiger partial charge is 0.253 e. The maximum Gasteiger partial charge on any atom is 0.253 e. The van der Waals surface area contributed by atoms with Gasteiger partial charge in [-0.3, -0.25) is 4.79 Å². The van der Waals surface area contributed by atoms with Crippen LogP contribution in [-0.4, -0.2) is 30.5 Å². The highest BCUT2D eigenvalue weighted by Gasteiger charge is 2.11. The van der Waals surface area contributed by atoms with E-state index in [2.05, 4.69) is 6.92 Å². The average molecular weight is 249 g/mol. The van der Waals surface area contributed by atoms with Crippen molar-refractivity contribution in [3.63, 3.8) is 0 Å². The number of unbranched alkanes of at least 4 members (excludes halogenated alkanes) is 1. The second kappa shape index (κ2) is 7.75. The van der Waals surface area contributed by atoms with Gasteiger partial charge in [-0.2, -0.15) is 0 Å². The molecule has 0 radical (unpaired) electrons. The van der Waals surface area contributed by atoms with Crippen LogP contribution in [0.4, 0.5) is 0 Å². The third kappa shape index (κ3) is 4.06. The Kier molecular flexibility index (Phi) is 6.26. The Morgan fingerprint density at radius 1 is 1.11 bits per heavy atom. The quantitative estimate of drug-likeness (QED) is 0.694. The summed E-state index contributed by atoms with van der Waals surface area (Å²) in [6, 6.07) is 7.41. The molecule has 3 heteroatoms. The lowest BCUT2D eigenvalue weighted by atomic mass is 10.2. The van der Waals surface area contributed by atoms with Gasteiger partial charge in [0.25, 0.3) is 5.91 Å². The molecule has 0 heterocycles. The molecule has 0 N–H and O–H groups in total. The van der Waals surface area contributed by atoms with E-state index in [9.17, 15) is 4.79 Å². The minimum atomic E-state index is 0.0834. The summed E-state index contributed by atoms with van der Waals surface area (Å²) in [6.45, 7) is 8.33. The number of carbonyl (C=O) groups is 1. The normalized spacial score (nSPS) is 10.2. The molecular formula is C15H23NO2. The molecule has 0 saturated heterocycles. The van der Waals surface area contributed by atoms with Crippen LogP contribution < -0.4 is 4.74 Å². The molecule has 0 aliphatic carbocycles. The molecule has 0 aliphatic heterocycles. The van der Waals surface area contributed by atoms with Crippen LogP contribution in [0.5, 0.6) is 5.75 Å². The first-order valence-electron chi connectivity index (χ1n) is 6.75.